The summed E-state index contributed by atoms with van der Waals surface area (Å²) < 4.78 is 5.77. The Morgan fingerprint density at radius 3 is 2.25 bits per heavy atom. The molecule has 0 unspecified atom stereocenters. The van der Waals surface area contributed by atoms with E-state index in [1.54, 1.807) is 0 Å². The predicted octanol–water partition coefficient (Wildman–Crippen LogP) is 4.56. The van der Waals surface area contributed by atoms with Crippen LogP contribution in [0.3, 0.4) is 0 Å². The van der Waals surface area contributed by atoms with Crippen LogP contribution in [0.5, 0.6) is 5.75 Å². The highest BCUT2D eigenvalue weighted by molar-refractivity contribution is 5.75. The molecule has 0 spiro atoms. The van der Waals surface area contributed by atoms with E-state index in [0.29, 0.717) is 26.0 Å². The second-order valence-electron chi connectivity index (χ2n) is 8.42. The van der Waals surface area contributed by atoms with Crippen molar-refractivity contribution in [2.75, 3.05) is 27.2 Å². The van der Waals surface area contributed by atoms with Crippen LogP contribution >= 0.6 is 0 Å². The van der Waals surface area contributed by atoms with Gasteiger partial charge in [-0.05, 0) is 49.2 Å². The third-order valence-corrected chi connectivity index (χ3v) is 4.84. The van der Waals surface area contributed by atoms with Crippen LogP contribution in [0.15, 0.2) is 54.6 Å². The van der Waals surface area contributed by atoms with Crippen molar-refractivity contribution in [1.29, 1.82) is 0 Å². The number of hydrogen-bond donors (Lipinski definition) is 1. The molecule has 0 aromatic heterocycles. The summed E-state index contributed by atoms with van der Waals surface area (Å²) in [4.78, 5) is 14.3. The average molecular weight is 383 g/mol. The zero-order valence-corrected chi connectivity index (χ0v) is 17.9. The SMILES string of the molecule is CN(C)[C@H](CNC(=O)CCCOc1ccc(C(C)(C)C)cc1)c1ccccc1. The first-order valence-electron chi connectivity index (χ1n) is 9.99. The molecule has 152 valence electrons. The van der Waals surface area contributed by atoms with Gasteiger partial charge in [0.15, 0.2) is 0 Å². The molecule has 0 heterocycles. The third-order valence-electron chi connectivity index (χ3n) is 4.84. The van der Waals surface area contributed by atoms with E-state index in [1.165, 1.54) is 11.1 Å². The van der Waals surface area contributed by atoms with Gasteiger partial charge < -0.3 is 15.0 Å². The molecule has 1 N–H and O–H groups in total. The minimum Gasteiger partial charge on any atom is -0.494 e. The van der Waals surface area contributed by atoms with Gasteiger partial charge in [-0.3, -0.25) is 4.79 Å². The molecule has 2 aromatic rings. The number of carbonyl (C=O) groups excluding carboxylic acids is 1. The molecule has 2 rings (SSSR count). The van der Waals surface area contributed by atoms with Crippen molar-refractivity contribution in [3.63, 3.8) is 0 Å². The molecule has 0 radical (unpaired) electrons. The topological polar surface area (TPSA) is 41.6 Å². The lowest BCUT2D eigenvalue weighted by Crippen LogP contribution is -2.34. The lowest BCUT2D eigenvalue weighted by atomic mass is 9.87. The molecule has 4 heteroatoms. The predicted molar refractivity (Wildman–Crippen MR) is 116 cm³/mol. The highest BCUT2D eigenvalue weighted by Crippen LogP contribution is 2.24. The van der Waals surface area contributed by atoms with Gasteiger partial charge in [0, 0.05) is 13.0 Å². The van der Waals surface area contributed by atoms with Crippen molar-refractivity contribution in [2.45, 2.75) is 45.1 Å². The van der Waals surface area contributed by atoms with Gasteiger partial charge in [0.2, 0.25) is 5.91 Å². The van der Waals surface area contributed by atoms with Gasteiger partial charge in [-0.2, -0.15) is 0 Å². The summed E-state index contributed by atoms with van der Waals surface area (Å²) in [5.74, 6) is 0.916. The van der Waals surface area contributed by atoms with Crippen molar-refractivity contribution in [3.8, 4) is 5.75 Å². The summed E-state index contributed by atoms with van der Waals surface area (Å²) in [5, 5.41) is 3.05. The van der Waals surface area contributed by atoms with Crippen molar-refractivity contribution >= 4 is 5.91 Å². The first kappa shape index (κ1) is 22.0. The Hall–Kier alpha value is -2.33. The van der Waals surface area contributed by atoms with Gasteiger partial charge in [0.05, 0.1) is 12.6 Å². The van der Waals surface area contributed by atoms with E-state index in [1.807, 2.05) is 44.4 Å². The zero-order valence-electron chi connectivity index (χ0n) is 17.9. The molecule has 0 aliphatic rings. The molecule has 1 atom stereocenters. The van der Waals surface area contributed by atoms with Crippen LogP contribution in [0.2, 0.25) is 0 Å². The molecule has 0 aliphatic heterocycles. The summed E-state index contributed by atoms with van der Waals surface area (Å²) in [6.45, 7) is 7.73. The molecule has 0 bridgehead atoms. The number of nitrogens with one attached hydrogen (secondary N) is 1. The second-order valence-corrected chi connectivity index (χ2v) is 8.42. The van der Waals surface area contributed by atoms with Gasteiger partial charge in [-0.15, -0.1) is 0 Å². The van der Waals surface area contributed by atoms with E-state index in [2.05, 4.69) is 55.3 Å². The Morgan fingerprint density at radius 2 is 1.68 bits per heavy atom. The fraction of sp³-hybridized carbons (Fsp3) is 0.458. The smallest absolute Gasteiger partial charge is 0.220 e. The number of benzene rings is 2. The van der Waals surface area contributed by atoms with Crippen LogP contribution in [0, 0.1) is 0 Å². The van der Waals surface area contributed by atoms with Crippen LogP contribution < -0.4 is 10.1 Å². The molecule has 0 aliphatic carbocycles. The van der Waals surface area contributed by atoms with Crippen molar-refractivity contribution in [2.24, 2.45) is 0 Å². The zero-order chi connectivity index (χ0) is 20.6. The first-order chi connectivity index (χ1) is 13.3. The van der Waals surface area contributed by atoms with Crippen molar-refractivity contribution < 1.29 is 9.53 Å². The Kier molecular flexibility index (Phi) is 8.06. The summed E-state index contributed by atoms with van der Waals surface area (Å²) in [5.41, 5.74) is 2.63. The normalized spacial score (nSPS) is 12.6. The number of ether oxygens (including phenoxy) is 1. The second kappa shape index (κ2) is 10.3. The number of amides is 1. The van der Waals surface area contributed by atoms with E-state index < -0.39 is 0 Å². The molecule has 4 nitrogen and oxygen atoms in total. The maximum atomic E-state index is 12.2. The van der Waals surface area contributed by atoms with E-state index >= 15 is 0 Å². The van der Waals surface area contributed by atoms with Crippen LogP contribution in [0.4, 0.5) is 0 Å². The maximum absolute atomic E-state index is 12.2. The minimum atomic E-state index is 0.0643. The van der Waals surface area contributed by atoms with Crippen LogP contribution in [-0.2, 0) is 10.2 Å². The van der Waals surface area contributed by atoms with Crippen LogP contribution in [0.25, 0.3) is 0 Å². The Balaban J connectivity index is 1.71. The largest absolute Gasteiger partial charge is 0.494 e. The third kappa shape index (κ3) is 7.01. The summed E-state index contributed by atoms with van der Waals surface area (Å²) in [6, 6.07) is 18.6. The summed E-state index contributed by atoms with van der Waals surface area (Å²) in [7, 11) is 4.06. The maximum Gasteiger partial charge on any atom is 0.220 e. The quantitative estimate of drug-likeness (QED) is 0.646. The van der Waals surface area contributed by atoms with Gasteiger partial charge in [0.1, 0.15) is 5.75 Å². The van der Waals surface area contributed by atoms with E-state index in [0.717, 1.165) is 5.75 Å². The monoisotopic (exact) mass is 382 g/mol. The molecule has 0 saturated heterocycles. The van der Waals surface area contributed by atoms with Crippen LogP contribution in [0.1, 0.15) is 50.8 Å². The van der Waals surface area contributed by atoms with Gasteiger partial charge in [-0.25, -0.2) is 0 Å². The fourth-order valence-electron chi connectivity index (χ4n) is 3.05. The molecule has 0 saturated carbocycles. The van der Waals surface area contributed by atoms with Crippen molar-refractivity contribution in [1.82, 2.24) is 10.2 Å². The number of nitrogens with zero attached hydrogens (tertiary/aromatic N) is 1. The fourth-order valence-corrected chi connectivity index (χ4v) is 3.05. The average Bonchev–Trinajstić information content (AvgIpc) is 2.65. The summed E-state index contributed by atoms with van der Waals surface area (Å²) in [6.07, 6.45) is 1.17. The first-order valence-corrected chi connectivity index (χ1v) is 9.99. The van der Waals surface area contributed by atoms with Crippen LogP contribution in [-0.4, -0.2) is 38.1 Å². The van der Waals surface area contributed by atoms with Gasteiger partial charge >= 0.3 is 0 Å². The van der Waals surface area contributed by atoms with Gasteiger partial charge in [0.25, 0.3) is 0 Å². The molecule has 0 fully saturated rings. The Labute approximate surface area is 169 Å². The Morgan fingerprint density at radius 1 is 1.04 bits per heavy atom. The van der Waals surface area contributed by atoms with E-state index in [-0.39, 0.29) is 17.4 Å². The molecular weight excluding hydrogens is 348 g/mol. The molecule has 28 heavy (non-hydrogen) atoms. The number of hydrogen-bond acceptors (Lipinski definition) is 3. The standard InChI is InChI=1S/C24H34N2O2/c1-24(2,3)20-13-15-21(16-14-20)28-17-9-12-23(27)25-18-22(26(4)5)19-10-7-6-8-11-19/h6-8,10-11,13-16,22H,9,12,17-18H2,1-5H3,(H,25,27)/t22-/m1/s1. The summed E-state index contributed by atoms with van der Waals surface area (Å²) >= 11 is 0. The molecule has 1 amide bonds. The number of carbonyl (C=O) groups is 1. The lowest BCUT2D eigenvalue weighted by molar-refractivity contribution is -0.121. The molecular formula is C24H34N2O2. The highest BCUT2D eigenvalue weighted by Gasteiger charge is 2.15. The lowest BCUT2D eigenvalue weighted by Gasteiger charge is -2.25. The molecule has 2 aromatic carbocycles. The highest BCUT2D eigenvalue weighted by atomic mass is 16.5. The minimum absolute atomic E-state index is 0.0643. The Bertz CT molecular complexity index is 719. The number of rotatable bonds is 9. The number of likely N-dealkylation sites (N-methyl/N-ethyl adjacent to an activating group) is 1. The van der Waals surface area contributed by atoms with Gasteiger partial charge in [-0.1, -0.05) is 63.2 Å². The van der Waals surface area contributed by atoms with Crippen molar-refractivity contribution in [3.05, 3.63) is 65.7 Å². The van der Waals surface area contributed by atoms with E-state index in [4.69, 9.17) is 4.74 Å². The van der Waals surface area contributed by atoms with E-state index in [9.17, 15) is 4.79 Å².